The number of sulfonamides is 1. The molecule has 0 aliphatic heterocycles. The second kappa shape index (κ2) is 9.62. The highest BCUT2D eigenvalue weighted by Gasteiger charge is 2.19. The Kier molecular flexibility index (Phi) is 7.15. The lowest BCUT2D eigenvalue weighted by Gasteiger charge is -2.23. The highest BCUT2D eigenvalue weighted by Crippen LogP contribution is 2.22. The number of nitrogens with one attached hydrogen (secondary N) is 2. The van der Waals surface area contributed by atoms with Crippen LogP contribution >= 0.6 is 0 Å². The molecule has 3 rings (SSSR count). The smallest absolute Gasteiger partial charge is 0.262 e. The summed E-state index contributed by atoms with van der Waals surface area (Å²) in [7, 11) is -1.58. The number of nitrogens with zero attached hydrogens (tertiary/aromatic N) is 1. The molecule has 0 bridgehead atoms. The van der Waals surface area contributed by atoms with E-state index >= 15 is 0 Å². The molecule has 2 aromatic rings. The summed E-state index contributed by atoms with van der Waals surface area (Å²) in [5.74, 6) is -0.154. The second-order valence-electron chi connectivity index (χ2n) is 8.13. The van der Waals surface area contributed by atoms with Crippen molar-refractivity contribution in [2.45, 2.75) is 50.5 Å². The van der Waals surface area contributed by atoms with Gasteiger partial charge in [0.25, 0.3) is 15.9 Å². The van der Waals surface area contributed by atoms with E-state index in [4.69, 9.17) is 0 Å². The molecule has 1 aliphatic carbocycles. The van der Waals surface area contributed by atoms with Crippen LogP contribution in [0.2, 0.25) is 0 Å². The fourth-order valence-electron chi connectivity index (χ4n) is 3.87. The van der Waals surface area contributed by atoms with Gasteiger partial charge in [-0.25, -0.2) is 8.42 Å². The topological polar surface area (TPSA) is 78.5 Å². The predicted octanol–water partition coefficient (Wildman–Crippen LogP) is 3.71. The lowest BCUT2D eigenvalue weighted by molar-refractivity contribution is 0.0947. The van der Waals surface area contributed by atoms with Gasteiger partial charge in [-0.1, -0.05) is 25.0 Å². The van der Waals surface area contributed by atoms with Gasteiger partial charge in [0.15, 0.2) is 0 Å². The molecule has 2 aromatic carbocycles. The number of benzene rings is 2. The van der Waals surface area contributed by atoms with Crippen LogP contribution in [0, 0.1) is 13.8 Å². The monoisotopic (exact) mass is 429 g/mol. The van der Waals surface area contributed by atoms with Gasteiger partial charge in [0.1, 0.15) is 0 Å². The van der Waals surface area contributed by atoms with Crippen molar-refractivity contribution in [3.05, 3.63) is 59.2 Å². The fraction of sp³-hybridized carbons (Fsp3) is 0.435. The van der Waals surface area contributed by atoms with Crippen molar-refractivity contribution in [2.75, 3.05) is 24.9 Å². The quantitative estimate of drug-likeness (QED) is 0.671. The molecule has 1 saturated carbocycles. The zero-order valence-electron chi connectivity index (χ0n) is 17.9. The molecule has 1 amide bonds. The Morgan fingerprint density at radius 1 is 1.07 bits per heavy atom. The largest absolute Gasteiger partial charge is 0.351 e. The van der Waals surface area contributed by atoms with E-state index in [2.05, 4.69) is 22.0 Å². The molecule has 7 heteroatoms. The van der Waals surface area contributed by atoms with Crippen molar-refractivity contribution in [2.24, 2.45) is 0 Å². The number of rotatable bonds is 8. The maximum absolute atomic E-state index is 12.7. The Bertz CT molecular complexity index is 981. The van der Waals surface area contributed by atoms with Gasteiger partial charge in [0, 0.05) is 30.4 Å². The average Bonchev–Trinajstić information content (AvgIpc) is 3.25. The molecule has 6 nitrogen and oxygen atoms in total. The summed E-state index contributed by atoms with van der Waals surface area (Å²) in [5.41, 5.74) is 2.50. The summed E-state index contributed by atoms with van der Waals surface area (Å²) >= 11 is 0. The highest BCUT2D eigenvalue weighted by molar-refractivity contribution is 7.92. The molecular weight excluding hydrogens is 398 g/mol. The summed E-state index contributed by atoms with van der Waals surface area (Å²) in [6.07, 6.45) is 5.07. The molecule has 30 heavy (non-hydrogen) atoms. The minimum absolute atomic E-state index is 0.154. The maximum atomic E-state index is 12.7. The SMILES string of the molecule is Cc1ccc(C)c(S(=O)(=O)Nc2ccc(C(=O)NCCN(C)C3CCCC3)cc2)c1. The van der Waals surface area contributed by atoms with Crippen LogP contribution in [0.1, 0.15) is 47.2 Å². The van der Waals surface area contributed by atoms with Crippen LogP contribution in [0.15, 0.2) is 47.4 Å². The van der Waals surface area contributed by atoms with Crippen molar-refractivity contribution in [3.63, 3.8) is 0 Å². The molecule has 2 N–H and O–H groups in total. The van der Waals surface area contributed by atoms with Crippen LogP contribution < -0.4 is 10.0 Å². The Hall–Kier alpha value is -2.38. The predicted molar refractivity (Wildman–Crippen MR) is 120 cm³/mol. The molecule has 1 fully saturated rings. The lowest BCUT2D eigenvalue weighted by atomic mass is 10.2. The van der Waals surface area contributed by atoms with E-state index in [9.17, 15) is 13.2 Å². The van der Waals surface area contributed by atoms with Gasteiger partial charge >= 0.3 is 0 Å². The first-order chi connectivity index (χ1) is 14.3. The van der Waals surface area contributed by atoms with Crippen LogP contribution in [-0.2, 0) is 10.0 Å². The minimum Gasteiger partial charge on any atom is -0.351 e. The number of hydrogen-bond donors (Lipinski definition) is 2. The van der Waals surface area contributed by atoms with Gasteiger partial charge in [-0.15, -0.1) is 0 Å². The highest BCUT2D eigenvalue weighted by atomic mass is 32.2. The third-order valence-electron chi connectivity index (χ3n) is 5.73. The number of amides is 1. The zero-order chi connectivity index (χ0) is 21.7. The molecule has 162 valence electrons. The summed E-state index contributed by atoms with van der Waals surface area (Å²) in [6, 6.07) is 12.5. The molecule has 0 spiro atoms. The first-order valence-corrected chi connectivity index (χ1v) is 11.9. The van der Waals surface area contributed by atoms with Gasteiger partial charge in [-0.2, -0.15) is 0 Å². The Morgan fingerprint density at radius 2 is 1.73 bits per heavy atom. The van der Waals surface area contributed by atoms with E-state index in [1.54, 1.807) is 43.3 Å². The molecule has 0 radical (unpaired) electrons. The van der Waals surface area contributed by atoms with Crippen molar-refractivity contribution < 1.29 is 13.2 Å². The van der Waals surface area contributed by atoms with E-state index in [-0.39, 0.29) is 10.8 Å². The first kappa shape index (κ1) is 22.3. The molecule has 0 unspecified atom stereocenters. The molecule has 0 aromatic heterocycles. The van der Waals surface area contributed by atoms with Crippen molar-refractivity contribution >= 4 is 21.6 Å². The van der Waals surface area contributed by atoms with Gasteiger partial charge in [0.05, 0.1) is 4.90 Å². The van der Waals surface area contributed by atoms with Gasteiger partial charge < -0.3 is 10.2 Å². The zero-order valence-corrected chi connectivity index (χ0v) is 18.8. The Labute approximate surface area is 179 Å². The van der Waals surface area contributed by atoms with Crippen LogP contribution in [0.3, 0.4) is 0 Å². The number of carbonyl (C=O) groups excluding carboxylic acids is 1. The second-order valence-corrected chi connectivity index (χ2v) is 9.78. The van der Waals surface area contributed by atoms with Crippen LogP contribution in [0.25, 0.3) is 0 Å². The summed E-state index contributed by atoms with van der Waals surface area (Å²) in [4.78, 5) is 15.0. The minimum atomic E-state index is -3.69. The average molecular weight is 430 g/mol. The summed E-state index contributed by atoms with van der Waals surface area (Å²) in [6.45, 7) is 5.04. The standard InChI is InChI=1S/C23H31N3O3S/c1-17-8-9-18(2)22(16-17)30(28,29)25-20-12-10-19(11-13-20)23(27)24-14-15-26(3)21-6-4-5-7-21/h8-13,16,21,25H,4-7,14-15H2,1-3H3,(H,24,27). The molecule has 0 saturated heterocycles. The van der Waals surface area contributed by atoms with Crippen molar-refractivity contribution in [1.82, 2.24) is 10.2 Å². The molecular formula is C23H31N3O3S. The maximum Gasteiger partial charge on any atom is 0.262 e. The van der Waals surface area contributed by atoms with Gasteiger partial charge in [-0.05, 0) is 75.2 Å². The van der Waals surface area contributed by atoms with Crippen molar-refractivity contribution in [3.8, 4) is 0 Å². The van der Waals surface area contributed by atoms with E-state index in [0.717, 1.165) is 12.1 Å². The molecule has 1 aliphatic rings. The Morgan fingerprint density at radius 3 is 2.40 bits per heavy atom. The third-order valence-corrected chi connectivity index (χ3v) is 7.25. The van der Waals surface area contributed by atoms with Gasteiger partial charge in [0.2, 0.25) is 0 Å². The number of anilines is 1. The fourth-order valence-corrected chi connectivity index (χ4v) is 5.26. The van der Waals surface area contributed by atoms with Crippen LogP contribution in [0.4, 0.5) is 5.69 Å². The number of carbonyl (C=O) groups is 1. The van der Waals surface area contributed by atoms with E-state index in [1.807, 2.05) is 13.0 Å². The summed E-state index contributed by atoms with van der Waals surface area (Å²) < 4.78 is 28.0. The van der Waals surface area contributed by atoms with E-state index in [1.165, 1.54) is 25.7 Å². The van der Waals surface area contributed by atoms with Crippen LogP contribution in [-0.4, -0.2) is 45.4 Å². The molecule has 0 atom stereocenters. The summed E-state index contributed by atoms with van der Waals surface area (Å²) in [5, 5.41) is 2.94. The Balaban J connectivity index is 1.56. The van der Waals surface area contributed by atoms with E-state index < -0.39 is 10.0 Å². The molecule has 0 heterocycles. The number of aryl methyl sites for hydroxylation is 2. The number of likely N-dealkylation sites (N-methyl/N-ethyl adjacent to an activating group) is 1. The van der Waals surface area contributed by atoms with Crippen molar-refractivity contribution in [1.29, 1.82) is 0 Å². The van der Waals surface area contributed by atoms with Gasteiger partial charge in [-0.3, -0.25) is 9.52 Å². The third kappa shape index (κ3) is 5.61. The normalized spacial score (nSPS) is 14.8. The van der Waals surface area contributed by atoms with E-state index in [0.29, 0.717) is 29.4 Å². The number of hydrogen-bond acceptors (Lipinski definition) is 4. The lowest BCUT2D eigenvalue weighted by Crippen LogP contribution is -2.37. The van der Waals surface area contributed by atoms with Crippen LogP contribution in [0.5, 0.6) is 0 Å². The first-order valence-electron chi connectivity index (χ1n) is 10.4.